The number of ether oxygens (including phenoxy) is 1. The lowest BCUT2D eigenvalue weighted by Crippen LogP contribution is -2.48. The molecule has 1 atom stereocenters. The Balaban J connectivity index is 2.25. The molecule has 0 radical (unpaired) electrons. The number of methoxy groups -OCH3 is 1. The maximum Gasteiger partial charge on any atom is 0.243 e. The number of amides is 1. The number of nitrogens with two attached hydrogens (primary N) is 1. The maximum absolute atomic E-state index is 11.9. The van der Waals surface area contributed by atoms with Gasteiger partial charge < -0.3 is 15.4 Å². The minimum atomic E-state index is -0.361. The molecule has 0 spiro atoms. The fraction of sp³-hybridized carbons (Fsp3) is 0.417. The maximum atomic E-state index is 11.9. The van der Waals surface area contributed by atoms with Gasteiger partial charge in [-0.3, -0.25) is 4.79 Å². The van der Waals surface area contributed by atoms with Gasteiger partial charge in [0.1, 0.15) is 5.75 Å². The summed E-state index contributed by atoms with van der Waals surface area (Å²) in [6.07, 6.45) is 1.73. The number of carbonyl (C=O) groups is 1. The SMILES string of the molecule is COc1cccc(N2CCCC(N)C2=O)c1. The predicted octanol–water partition coefficient (Wildman–Crippen LogP) is 1.15. The van der Waals surface area contributed by atoms with E-state index in [1.165, 1.54) is 0 Å². The summed E-state index contributed by atoms with van der Waals surface area (Å²) in [5.41, 5.74) is 6.61. The van der Waals surface area contributed by atoms with Gasteiger partial charge in [0.2, 0.25) is 5.91 Å². The highest BCUT2D eigenvalue weighted by molar-refractivity contribution is 5.97. The van der Waals surface area contributed by atoms with E-state index in [1.54, 1.807) is 12.0 Å². The smallest absolute Gasteiger partial charge is 0.243 e. The first-order chi connectivity index (χ1) is 7.72. The molecule has 2 N–H and O–H groups in total. The van der Waals surface area contributed by atoms with Gasteiger partial charge in [0, 0.05) is 18.3 Å². The van der Waals surface area contributed by atoms with Gasteiger partial charge in [-0.05, 0) is 25.0 Å². The molecule has 4 heteroatoms. The highest BCUT2D eigenvalue weighted by Gasteiger charge is 2.26. The number of hydrogen-bond donors (Lipinski definition) is 1. The molecular formula is C12H16N2O2. The van der Waals surface area contributed by atoms with Crippen molar-refractivity contribution in [1.82, 2.24) is 0 Å². The summed E-state index contributed by atoms with van der Waals surface area (Å²) in [6, 6.07) is 7.13. The molecule has 1 unspecified atom stereocenters. The van der Waals surface area contributed by atoms with E-state index in [2.05, 4.69) is 0 Å². The Morgan fingerprint density at radius 3 is 3.06 bits per heavy atom. The quantitative estimate of drug-likeness (QED) is 0.813. The second-order valence-electron chi connectivity index (χ2n) is 3.94. The van der Waals surface area contributed by atoms with E-state index < -0.39 is 0 Å². The molecule has 0 aliphatic carbocycles. The lowest BCUT2D eigenvalue weighted by Gasteiger charge is -2.30. The number of carbonyl (C=O) groups excluding carboxylic acids is 1. The Morgan fingerprint density at radius 2 is 2.31 bits per heavy atom. The van der Waals surface area contributed by atoms with Gasteiger partial charge >= 0.3 is 0 Å². The van der Waals surface area contributed by atoms with E-state index in [0.717, 1.165) is 30.8 Å². The van der Waals surface area contributed by atoms with Gasteiger partial charge in [-0.15, -0.1) is 0 Å². The topological polar surface area (TPSA) is 55.6 Å². The van der Waals surface area contributed by atoms with E-state index in [1.807, 2.05) is 24.3 Å². The minimum absolute atomic E-state index is 0.000460. The van der Waals surface area contributed by atoms with E-state index >= 15 is 0 Å². The average Bonchev–Trinajstić information content (AvgIpc) is 2.33. The third-order valence-electron chi connectivity index (χ3n) is 2.85. The van der Waals surface area contributed by atoms with Crippen LogP contribution in [0.5, 0.6) is 5.75 Å². The Bertz CT molecular complexity index is 392. The first kappa shape index (κ1) is 11.0. The standard InChI is InChI=1S/C12H16N2O2/c1-16-10-5-2-4-9(8-10)14-7-3-6-11(13)12(14)15/h2,4-5,8,11H,3,6-7,13H2,1H3. The van der Waals surface area contributed by atoms with Crippen molar-refractivity contribution in [3.63, 3.8) is 0 Å². The summed E-state index contributed by atoms with van der Waals surface area (Å²) in [7, 11) is 1.61. The van der Waals surface area contributed by atoms with Crippen LogP contribution in [0.25, 0.3) is 0 Å². The lowest BCUT2D eigenvalue weighted by molar-refractivity contribution is -0.120. The summed E-state index contributed by atoms with van der Waals surface area (Å²) in [6.45, 7) is 0.736. The molecule has 16 heavy (non-hydrogen) atoms. The van der Waals surface area contributed by atoms with Gasteiger partial charge in [-0.2, -0.15) is 0 Å². The molecule has 0 saturated carbocycles. The molecule has 1 saturated heterocycles. The first-order valence-corrected chi connectivity index (χ1v) is 5.43. The van der Waals surface area contributed by atoms with Crippen molar-refractivity contribution in [2.45, 2.75) is 18.9 Å². The first-order valence-electron chi connectivity index (χ1n) is 5.43. The van der Waals surface area contributed by atoms with Crippen molar-refractivity contribution in [3.05, 3.63) is 24.3 Å². The molecule has 1 fully saturated rings. The van der Waals surface area contributed by atoms with Gasteiger partial charge in [-0.25, -0.2) is 0 Å². The molecule has 86 valence electrons. The third-order valence-corrected chi connectivity index (χ3v) is 2.85. The predicted molar refractivity (Wildman–Crippen MR) is 62.6 cm³/mol. The van der Waals surface area contributed by atoms with Gasteiger partial charge in [0.25, 0.3) is 0 Å². The molecule has 1 aromatic rings. The zero-order valence-corrected chi connectivity index (χ0v) is 9.35. The van der Waals surface area contributed by atoms with Crippen LogP contribution in [-0.4, -0.2) is 25.6 Å². The highest BCUT2D eigenvalue weighted by Crippen LogP contribution is 2.24. The number of anilines is 1. The van der Waals surface area contributed by atoms with Crippen LogP contribution in [-0.2, 0) is 4.79 Å². The molecule has 0 aromatic heterocycles. The van der Waals surface area contributed by atoms with Crippen LogP contribution in [0.4, 0.5) is 5.69 Å². The molecule has 1 aliphatic rings. The minimum Gasteiger partial charge on any atom is -0.497 e. The Morgan fingerprint density at radius 1 is 1.50 bits per heavy atom. The van der Waals surface area contributed by atoms with Crippen LogP contribution in [0.3, 0.4) is 0 Å². The molecule has 1 aromatic carbocycles. The summed E-state index contributed by atoms with van der Waals surface area (Å²) in [4.78, 5) is 13.6. The largest absolute Gasteiger partial charge is 0.497 e. The Kier molecular flexibility index (Phi) is 3.10. The van der Waals surface area contributed by atoms with Crippen LogP contribution >= 0.6 is 0 Å². The van der Waals surface area contributed by atoms with Crippen molar-refractivity contribution >= 4 is 11.6 Å². The second-order valence-corrected chi connectivity index (χ2v) is 3.94. The molecule has 1 amide bonds. The van der Waals surface area contributed by atoms with Crippen LogP contribution in [0.2, 0.25) is 0 Å². The molecule has 4 nitrogen and oxygen atoms in total. The molecule has 0 bridgehead atoms. The molecule has 1 heterocycles. The summed E-state index contributed by atoms with van der Waals surface area (Å²) >= 11 is 0. The Labute approximate surface area is 95.0 Å². The van der Waals surface area contributed by atoms with Crippen LogP contribution < -0.4 is 15.4 Å². The van der Waals surface area contributed by atoms with Crippen molar-refractivity contribution in [3.8, 4) is 5.75 Å². The molecular weight excluding hydrogens is 204 g/mol. The fourth-order valence-electron chi connectivity index (χ4n) is 1.94. The van der Waals surface area contributed by atoms with Crippen LogP contribution in [0.1, 0.15) is 12.8 Å². The summed E-state index contributed by atoms with van der Waals surface area (Å²) in [5, 5.41) is 0. The lowest BCUT2D eigenvalue weighted by atomic mass is 10.0. The van der Waals surface area contributed by atoms with Crippen molar-refractivity contribution < 1.29 is 9.53 Å². The fourth-order valence-corrected chi connectivity index (χ4v) is 1.94. The average molecular weight is 220 g/mol. The zero-order chi connectivity index (χ0) is 11.5. The van der Waals surface area contributed by atoms with Crippen LogP contribution in [0.15, 0.2) is 24.3 Å². The number of nitrogens with zero attached hydrogens (tertiary/aromatic N) is 1. The monoisotopic (exact) mass is 220 g/mol. The van der Waals surface area contributed by atoms with Gasteiger partial charge in [0.15, 0.2) is 0 Å². The molecule has 2 rings (SSSR count). The third kappa shape index (κ3) is 2.02. The number of piperidine rings is 1. The second kappa shape index (κ2) is 4.53. The highest BCUT2D eigenvalue weighted by atomic mass is 16.5. The number of benzene rings is 1. The zero-order valence-electron chi connectivity index (χ0n) is 9.35. The summed E-state index contributed by atoms with van der Waals surface area (Å²) < 4.78 is 5.14. The number of hydrogen-bond acceptors (Lipinski definition) is 3. The Hall–Kier alpha value is -1.55. The van der Waals surface area contributed by atoms with Crippen LogP contribution in [0, 0.1) is 0 Å². The van der Waals surface area contributed by atoms with E-state index in [0.29, 0.717) is 0 Å². The van der Waals surface area contributed by atoms with Gasteiger partial charge in [0.05, 0.1) is 13.2 Å². The normalized spacial score (nSPS) is 21.0. The van der Waals surface area contributed by atoms with Crippen molar-refractivity contribution in [2.75, 3.05) is 18.6 Å². The number of rotatable bonds is 2. The van der Waals surface area contributed by atoms with Crippen molar-refractivity contribution in [2.24, 2.45) is 5.73 Å². The summed E-state index contributed by atoms with van der Waals surface area (Å²) in [5.74, 6) is 0.754. The van der Waals surface area contributed by atoms with E-state index in [4.69, 9.17) is 10.5 Å². The van der Waals surface area contributed by atoms with Crippen molar-refractivity contribution in [1.29, 1.82) is 0 Å². The van der Waals surface area contributed by atoms with E-state index in [9.17, 15) is 4.79 Å². The molecule has 1 aliphatic heterocycles. The van der Waals surface area contributed by atoms with Gasteiger partial charge in [-0.1, -0.05) is 6.07 Å². The van der Waals surface area contributed by atoms with E-state index in [-0.39, 0.29) is 11.9 Å².